The van der Waals surface area contributed by atoms with Crippen LogP contribution < -0.4 is 0 Å². The zero-order chi connectivity index (χ0) is 14.5. The van der Waals surface area contributed by atoms with Gasteiger partial charge in [-0.25, -0.2) is 0 Å². The number of likely N-dealkylation sites (tertiary alicyclic amines) is 1. The molecule has 1 unspecified atom stereocenters. The predicted molar refractivity (Wildman–Crippen MR) is 86.9 cm³/mol. The van der Waals surface area contributed by atoms with Gasteiger partial charge in [0, 0.05) is 17.1 Å². The summed E-state index contributed by atoms with van der Waals surface area (Å²) in [6.07, 6.45) is 2.94. The smallest absolute Gasteiger partial charge is 0.0802 e. The molecular formula is C16H25BrN2O. The minimum Gasteiger partial charge on any atom is -0.388 e. The molecule has 0 bridgehead atoms. The molecule has 4 heteroatoms. The van der Waals surface area contributed by atoms with Gasteiger partial charge < -0.3 is 14.9 Å². The number of rotatable bonds is 5. The Balaban J connectivity index is 1.74. The Kier molecular flexibility index (Phi) is 6.02. The van der Waals surface area contributed by atoms with E-state index in [2.05, 4.69) is 39.8 Å². The molecule has 1 aliphatic heterocycles. The van der Waals surface area contributed by atoms with Gasteiger partial charge in [0.1, 0.15) is 0 Å². The van der Waals surface area contributed by atoms with E-state index < -0.39 is 0 Å². The van der Waals surface area contributed by atoms with Gasteiger partial charge in [-0.1, -0.05) is 28.1 Å². The quantitative estimate of drug-likeness (QED) is 0.892. The Hall–Kier alpha value is -0.420. The third kappa shape index (κ3) is 4.55. The minimum absolute atomic E-state index is 0.352. The Morgan fingerprint density at radius 2 is 1.85 bits per heavy atom. The molecule has 0 spiro atoms. The average Bonchev–Trinajstić information content (AvgIpc) is 2.46. The molecule has 3 nitrogen and oxygen atoms in total. The SMILES string of the molecule is CN(C)C1CCN(CCC(O)c2ccc(Br)cc2)CC1. The average molecular weight is 341 g/mol. The van der Waals surface area contributed by atoms with Crippen molar-refractivity contribution in [2.24, 2.45) is 0 Å². The van der Waals surface area contributed by atoms with Gasteiger partial charge >= 0.3 is 0 Å². The Labute approximate surface area is 130 Å². The van der Waals surface area contributed by atoms with Crippen molar-refractivity contribution in [1.29, 1.82) is 0 Å². The minimum atomic E-state index is -0.352. The number of piperidine rings is 1. The van der Waals surface area contributed by atoms with E-state index in [9.17, 15) is 5.11 Å². The van der Waals surface area contributed by atoms with Crippen LogP contribution in [0.25, 0.3) is 0 Å². The first-order valence-corrected chi connectivity index (χ1v) is 8.18. The molecule has 0 radical (unpaired) electrons. The van der Waals surface area contributed by atoms with Crippen molar-refractivity contribution >= 4 is 15.9 Å². The summed E-state index contributed by atoms with van der Waals surface area (Å²) in [4.78, 5) is 4.80. The summed E-state index contributed by atoms with van der Waals surface area (Å²) < 4.78 is 1.05. The molecule has 0 aliphatic carbocycles. The molecule has 20 heavy (non-hydrogen) atoms. The normalized spacial score (nSPS) is 19.4. The fraction of sp³-hybridized carbons (Fsp3) is 0.625. The summed E-state index contributed by atoms with van der Waals surface area (Å²) in [5.41, 5.74) is 1.01. The lowest BCUT2D eigenvalue weighted by atomic mass is 10.0. The summed E-state index contributed by atoms with van der Waals surface area (Å²) in [7, 11) is 4.33. The van der Waals surface area contributed by atoms with Gasteiger partial charge in [-0.2, -0.15) is 0 Å². The second-order valence-electron chi connectivity index (χ2n) is 5.89. The Morgan fingerprint density at radius 1 is 1.25 bits per heavy atom. The molecule has 112 valence electrons. The zero-order valence-corrected chi connectivity index (χ0v) is 14.0. The number of halogens is 1. The van der Waals surface area contributed by atoms with E-state index in [-0.39, 0.29) is 6.10 Å². The number of benzene rings is 1. The van der Waals surface area contributed by atoms with Gasteiger partial charge in [-0.05, 0) is 64.1 Å². The molecule has 1 saturated heterocycles. The van der Waals surface area contributed by atoms with Crippen LogP contribution in [0.15, 0.2) is 28.7 Å². The molecule has 1 heterocycles. The van der Waals surface area contributed by atoms with Crippen molar-refractivity contribution in [3.63, 3.8) is 0 Å². The molecule has 0 aromatic heterocycles. The summed E-state index contributed by atoms with van der Waals surface area (Å²) in [6.45, 7) is 3.28. The lowest BCUT2D eigenvalue weighted by Crippen LogP contribution is -2.42. The van der Waals surface area contributed by atoms with Crippen LogP contribution >= 0.6 is 15.9 Å². The second-order valence-corrected chi connectivity index (χ2v) is 6.81. The summed E-state index contributed by atoms with van der Waals surface area (Å²) >= 11 is 3.42. The molecule has 1 aliphatic rings. The predicted octanol–water partition coefficient (Wildman–Crippen LogP) is 2.90. The molecule has 0 saturated carbocycles. The molecule has 2 rings (SSSR count). The van der Waals surface area contributed by atoms with Crippen molar-refractivity contribution in [2.75, 3.05) is 33.7 Å². The van der Waals surface area contributed by atoms with Crippen LogP contribution in [0.2, 0.25) is 0 Å². The van der Waals surface area contributed by atoms with Crippen LogP contribution in [0.5, 0.6) is 0 Å². The van der Waals surface area contributed by atoms with Crippen LogP contribution in [-0.4, -0.2) is 54.7 Å². The third-order valence-electron chi connectivity index (χ3n) is 4.26. The van der Waals surface area contributed by atoms with Crippen molar-refractivity contribution in [1.82, 2.24) is 9.80 Å². The molecule has 1 aromatic rings. The standard InChI is InChI=1S/C16H25BrN2O/c1-18(2)15-7-10-19(11-8-15)12-9-16(20)13-3-5-14(17)6-4-13/h3-6,15-16,20H,7-12H2,1-2H3. The fourth-order valence-electron chi connectivity index (χ4n) is 2.82. The van der Waals surface area contributed by atoms with E-state index in [0.717, 1.165) is 42.1 Å². The first-order chi connectivity index (χ1) is 9.56. The fourth-order valence-corrected chi connectivity index (χ4v) is 3.08. The molecule has 1 aromatic carbocycles. The van der Waals surface area contributed by atoms with E-state index >= 15 is 0 Å². The van der Waals surface area contributed by atoms with Crippen LogP contribution in [0.1, 0.15) is 30.9 Å². The van der Waals surface area contributed by atoms with Gasteiger partial charge in [0.15, 0.2) is 0 Å². The highest BCUT2D eigenvalue weighted by molar-refractivity contribution is 9.10. The summed E-state index contributed by atoms with van der Waals surface area (Å²) in [6, 6.07) is 8.69. The monoisotopic (exact) mass is 340 g/mol. The number of hydrogen-bond donors (Lipinski definition) is 1. The highest BCUT2D eigenvalue weighted by Crippen LogP contribution is 2.21. The van der Waals surface area contributed by atoms with E-state index in [4.69, 9.17) is 0 Å². The summed E-state index contributed by atoms with van der Waals surface area (Å²) in [5.74, 6) is 0. The topological polar surface area (TPSA) is 26.7 Å². The van der Waals surface area contributed by atoms with Gasteiger partial charge in [0.2, 0.25) is 0 Å². The maximum absolute atomic E-state index is 10.2. The van der Waals surface area contributed by atoms with Crippen molar-refractivity contribution in [3.8, 4) is 0 Å². The molecule has 1 atom stereocenters. The zero-order valence-electron chi connectivity index (χ0n) is 12.4. The van der Waals surface area contributed by atoms with Crippen LogP contribution in [0, 0.1) is 0 Å². The van der Waals surface area contributed by atoms with Gasteiger partial charge in [0.05, 0.1) is 6.10 Å². The highest BCUT2D eigenvalue weighted by Gasteiger charge is 2.20. The van der Waals surface area contributed by atoms with Crippen molar-refractivity contribution in [2.45, 2.75) is 31.4 Å². The number of hydrogen-bond acceptors (Lipinski definition) is 3. The van der Waals surface area contributed by atoms with Crippen LogP contribution in [0.3, 0.4) is 0 Å². The number of aliphatic hydroxyl groups is 1. The van der Waals surface area contributed by atoms with E-state index in [1.807, 2.05) is 24.3 Å². The highest BCUT2D eigenvalue weighted by atomic mass is 79.9. The van der Waals surface area contributed by atoms with Gasteiger partial charge in [-0.15, -0.1) is 0 Å². The van der Waals surface area contributed by atoms with E-state index in [0.29, 0.717) is 0 Å². The molecule has 1 fully saturated rings. The molecular weight excluding hydrogens is 316 g/mol. The maximum Gasteiger partial charge on any atom is 0.0802 e. The molecule has 0 amide bonds. The first kappa shape index (κ1) is 16.0. The van der Waals surface area contributed by atoms with Crippen molar-refractivity contribution < 1.29 is 5.11 Å². The lowest BCUT2D eigenvalue weighted by Gasteiger charge is -2.35. The van der Waals surface area contributed by atoms with E-state index in [1.54, 1.807) is 0 Å². The van der Waals surface area contributed by atoms with Gasteiger partial charge in [-0.3, -0.25) is 0 Å². The Morgan fingerprint density at radius 3 is 2.40 bits per heavy atom. The van der Waals surface area contributed by atoms with Crippen molar-refractivity contribution in [3.05, 3.63) is 34.3 Å². The number of aliphatic hydroxyl groups excluding tert-OH is 1. The largest absolute Gasteiger partial charge is 0.388 e. The molecule has 1 N–H and O–H groups in total. The first-order valence-electron chi connectivity index (χ1n) is 7.38. The lowest BCUT2D eigenvalue weighted by molar-refractivity contribution is 0.110. The third-order valence-corrected chi connectivity index (χ3v) is 4.79. The number of nitrogens with zero attached hydrogens (tertiary/aromatic N) is 2. The Bertz CT molecular complexity index is 399. The maximum atomic E-state index is 10.2. The van der Waals surface area contributed by atoms with Gasteiger partial charge in [0.25, 0.3) is 0 Å². The second kappa shape index (κ2) is 7.55. The van der Waals surface area contributed by atoms with Crippen LogP contribution in [-0.2, 0) is 0 Å². The van der Waals surface area contributed by atoms with E-state index in [1.165, 1.54) is 12.8 Å². The summed E-state index contributed by atoms with van der Waals surface area (Å²) in [5, 5.41) is 10.2. The van der Waals surface area contributed by atoms with Crippen LogP contribution in [0.4, 0.5) is 0 Å².